The third-order valence-electron chi connectivity index (χ3n) is 4.20. The van der Waals surface area contributed by atoms with Crippen LogP contribution in [0.2, 0.25) is 0 Å². The first-order valence-electron chi connectivity index (χ1n) is 7.65. The van der Waals surface area contributed by atoms with Crippen molar-refractivity contribution in [1.82, 2.24) is 5.32 Å². The van der Waals surface area contributed by atoms with Gasteiger partial charge in [0, 0.05) is 13.2 Å². The van der Waals surface area contributed by atoms with Crippen LogP contribution in [0, 0.1) is 11.8 Å². The highest BCUT2D eigenvalue weighted by molar-refractivity contribution is 5.85. The average Bonchev–Trinajstić information content (AvgIpc) is 2.73. The molecule has 0 spiro atoms. The molecular weight excluding hydrogens is 240 g/mol. The Kier molecular flexibility index (Phi) is 6.80. The zero-order chi connectivity index (χ0) is 14.3. The van der Waals surface area contributed by atoms with E-state index < -0.39 is 5.54 Å². The lowest BCUT2D eigenvalue weighted by atomic mass is 9.84. The van der Waals surface area contributed by atoms with E-state index in [0.29, 0.717) is 11.8 Å². The fraction of sp³-hybridized carbons (Fsp3) is 0.933. The number of primary amides is 1. The first-order chi connectivity index (χ1) is 9.03. The number of nitrogens with one attached hydrogen (secondary N) is 1. The lowest BCUT2D eigenvalue weighted by Gasteiger charge is -2.33. The minimum atomic E-state index is -0.490. The number of hydrogen-bond donors (Lipinski definition) is 2. The maximum atomic E-state index is 11.8. The number of likely N-dealkylation sites (N-methyl/N-ethyl adjacent to an activating group) is 1. The zero-order valence-electron chi connectivity index (χ0n) is 12.7. The van der Waals surface area contributed by atoms with Crippen LogP contribution in [0.1, 0.15) is 52.9 Å². The summed E-state index contributed by atoms with van der Waals surface area (Å²) in [6, 6.07) is 0. The normalized spacial score (nSPS) is 27.1. The second-order valence-electron chi connectivity index (χ2n) is 6.04. The van der Waals surface area contributed by atoms with Gasteiger partial charge in [-0.1, -0.05) is 27.2 Å². The van der Waals surface area contributed by atoms with Gasteiger partial charge in [0.05, 0.1) is 0 Å². The molecule has 0 saturated heterocycles. The molecule has 3 N–H and O–H groups in total. The van der Waals surface area contributed by atoms with Crippen molar-refractivity contribution >= 4 is 5.91 Å². The Bertz CT molecular complexity index is 281. The maximum Gasteiger partial charge on any atom is 0.238 e. The quantitative estimate of drug-likeness (QED) is 0.630. The molecule has 1 aliphatic carbocycles. The molecule has 0 radical (unpaired) electrons. The molecule has 0 bridgehead atoms. The van der Waals surface area contributed by atoms with Gasteiger partial charge >= 0.3 is 0 Å². The summed E-state index contributed by atoms with van der Waals surface area (Å²) in [6.45, 7) is 8.76. The van der Waals surface area contributed by atoms with Crippen LogP contribution in [0.4, 0.5) is 0 Å². The van der Waals surface area contributed by atoms with Crippen molar-refractivity contribution in [2.24, 2.45) is 17.6 Å². The van der Waals surface area contributed by atoms with Crippen molar-refractivity contribution in [3.8, 4) is 0 Å². The molecular formula is C15H30N2O2. The Hall–Kier alpha value is -0.610. The summed E-state index contributed by atoms with van der Waals surface area (Å²) in [5.74, 6) is 0.806. The minimum Gasteiger partial charge on any atom is -0.381 e. The lowest BCUT2D eigenvalue weighted by molar-refractivity contribution is -0.126. The summed E-state index contributed by atoms with van der Waals surface area (Å²) in [5.41, 5.74) is 5.15. The molecule has 112 valence electrons. The Morgan fingerprint density at radius 3 is 2.79 bits per heavy atom. The smallest absolute Gasteiger partial charge is 0.238 e. The van der Waals surface area contributed by atoms with Crippen molar-refractivity contribution < 1.29 is 9.53 Å². The third-order valence-corrected chi connectivity index (χ3v) is 4.20. The van der Waals surface area contributed by atoms with E-state index in [1.165, 1.54) is 0 Å². The maximum absolute atomic E-state index is 11.8. The minimum absolute atomic E-state index is 0.195. The summed E-state index contributed by atoms with van der Waals surface area (Å²) in [7, 11) is 0. The van der Waals surface area contributed by atoms with Crippen molar-refractivity contribution in [3.05, 3.63) is 0 Å². The summed E-state index contributed by atoms with van der Waals surface area (Å²) in [5, 5.41) is 3.34. The van der Waals surface area contributed by atoms with E-state index in [0.717, 1.165) is 51.9 Å². The SMILES string of the molecule is CCNC1(C(N)=O)CCCC1CCOCCC(C)C. The lowest BCUT2D eigenvalue weighted by Crippen LogP contribution is -2.58. The van der Waals surface area contributed by atoms with E-state index in [4.69, 9.17) is 10.5 Å². The van der Waals surface area contributed by atoms with Crippen LogP contribution in [0.15, 0.2) is 0 Å². The molecule has 1 aliphatic rings. The Labute approximate surface area is 117 Å². The van der Waals surface area contributed by atoms with Gasteiger partial charge in [-0.2, -0.15) is 0 Å². The fourth-order valence-corrected chi connectivity index (χ4v) is 3.07. The Balaban J connectivity index is 2.40. The number of carbonyl (C=O) groups excluding carboxylic acids is 1. The summed E-state index contributed by atoms with van der Waals surface area (Å²) in [4.78, 5) is 11.8. The summed E-state index contributed by atoms with van der Waals surface area (Å²) in [6.07, 6.45) is 5.04. The average molecular weight is 270 g/mol. The summed E-state index contributed by atoms with van der Waals surface area (Å²) >= 11 is 0. The van der Waals surface area contributed by atoms with Crippen LogP contribution in [0.5, 0.6) is 0 Å². The van der Waals surface area contributed by atoms with Crippen molar-refractivity contribution in [2.75, 3.05) is 19.8 Å². The first kappa shape index (κ1) is 16.4. The molecule has 2 atom stereocenters. The van der Waals surface area contributed by atoms with Gasteiger partial charge in [-0.3, -0.25) is 4.79 Å². The van der Waals surface area contributed by atoms with E-state index >= 15 is 0 Å². The standard InChI is InChI=1S/C15H30N2O2/c1-4-17-15(14(16)18)9-5-6-13(15)8-11-19-10-7-12(2)3/h12-13,17H,4-11H2,1-3H3,(H2,16,18). The largest absolute Gasteiger partial charge is 0.381 e. The molecule has 1 saturated carbocycles. The van der Waals surface area contributed by atoms with E-state index in [1.807, 2.05) is 6.92 Å². The van der Waals surface area contributed by atoms with Gasteiger partial charge in [-0.15, -0.1) is 0 Å². The predicted molar refractivity (Wildman–Crippen MR) is 77.8 cm³/mol. The van der Waals surface area contributed by atoms with Gasteiger partial charge in [-0.25, -0.2) is 0 Å². The second-order valence-corrected chi connectivity index (χ2v) is 6.04. The molecule has 0 aromatic heterocycles. The van der Waals surface area contributed by atoms with Gasteiger partial charge in [0.25, 0.3) is 0 Å². The first-order valence-corrected chi connectivity index (χ1v) is 7.65. The van der Waals surface area contributed by atoms with E-state index in [1.54, 1.807) is 0 Å². The zero-order valence-corrected chi connectivity index (χ0v) is 12.7. The molecule has 2 unspecified atom stereocenters. The van der Waals surface area contributed by atoms with Gasteiger partial charge < -0.3 is 15.8 Å². The second kappa shape index (κ2) is 7.85. The van der Waals surface area contributed by atoms with Gasteiger partial charge in [0.1, 0.15) is 5.54 Å². The number of ether oxygens (including phenoxy) is 1. The topological polar surface area (TPSA) is 64.3 Å². The predicted octanol–water partition coefficient (Wildman–Crippen LogP) is 2.07. The van der Waals surface area contributed by atoms with E-state index in [9.17, 15) is 4.79 Å². The Morgan fingerprint density at radius 2 is 2.21 bits per heavy atom. The molecule has 19 heavy (non-hydrogen) atoms. The van der Waals surface area contributed by atoms with Gasteiger partial charge in [0.2, 0.25) is 5.91 Å². The molecule has 4 heteroatoms. The van der Waals surface area contributed by atoms with Gasteiger partial charge in [0.15, 0.2) is 0 Å². The third kappa shape index (κ3) is 4.46. The fourth-order valence-electron chi connectivity index (χ4n) is 3.07. The number of amides is 1. The highest BCUT2D eigenvalue weighted by Gasteiger charge is 2.46. The van der Waals surface area contributed by atoms with Crippen LogP contribution < -0.4 is 11.1 Å². The van der Waals surface area contributed by atoms with E-state index in [-0.39, 0.29) is 5.91 Å². The molecule has 1 fully saturated rings. The van der Waals surface area contributed by atoms with Crippen LogP contribution in [-0.4, -0.2) is 31.2 Å². The number of nitrogens with two attached hydrogens (primary N) is 1. The van der Waals surface area contributed by atoms with Crippen molar-refractivity contribution in [2.45, 2.75) is 58.4 Å². The number of carbonyl (C=O) groups is 1. The number of hydrogen-bond acceptors (Lipinski definition) is 3. The molecule has 0 aliphatic heterocycles. The van der Waals surface area contributed by atoms with E-state index in [2.05, 4.69) is 19.2 Å². The number of rotatable bonds is 9. The van der Waals surface area contributed by atoms with Crippen molar-refractivity contribution in [3.63, 3.8) is 0 Å². The monoisotopic (exact) mass is 270 g/mol. The van der Waals surface area contributed by atoms with Gasteiger partial charge in [-0.05, 0) is 44.1 Å². The molecule has 4 nitrogen and oxygen atoms in total. The molecule has 0 aromatic carbocycles. The Morgan fingerprint density at radius 1 is 1.47 bits per heavy atom. The highest BCUT2D eigenvalue weighted by atomic mass is 16.5. The van der Waals surface area contributed by atoms with Crippen LogP contribution in [-0.2, 0) is 9.53 Å². The molecule has 0 heterocycles. The molecule has 0 aromatic rings. The van der Waals surface area contributed by atoms with Crippen LogP contribution >= 0.6 is 0 Å². The van der Waals surface area contributed by atoms with Crippen LogP contribution in [0.25, 0.3) is 0 Å². The molecule has 1 amide bonds. The molecule has 1 rings (SSSR count). The van der Waals surface area contributed by atoms with Crippen LogP contribution in [0.3, 0.4) is 0 Å². The van der Waals surface area contributed by atoms with Crippen molar-refractivity contribution in [1.29, 1.82) is 0 Å². The highest BCUT2D eigenvalue weighted by Crippen LogP contribution is 2.37. The summed E-state index contributed by atoms with van der Waals surface area (Å²) < 4.78 is 5.68.